The molecule has 0 bridgehead atoms. The molecule has 0 aromatic carbocycles. The van der Waals surface area contributed by atoms with Gasteiger partial charge in [0.15, 0.2) is 5.96 Å². The van der Waals surface area contributed by atoms with Crippen LogP contribution in [0.3, 0.4) is 0 Å². The van der Waals surface area contributed by atoms with E-state index >= 15 is 0 Å². The molecule has 6 aliphatic rings. The van der Waals surface area contributed by atoms with Gasteiger partial charge in [0.2, 0.25) is 5.91 Å². The number of hydrogen-bond donors (Lipinski definition) is 3. The van der Waals surface area contributed by atoms with E-state index in [1.165, 1.54) is 5.57 Å². The van der Waals surface area contributed by atoms with Crippen molar-refractivity contribution in [2.24, 2.45) is 31.8 Å². The molecule has 206 valence electrons. The molecule has 3 N–H and O–H groups in total. The Morgan fingerprint density at radius 1 is 1.16 bits per heavy atom. The van der Waals surface area contributed by atoms with Gasteiger partial charge in [0, 0.05) is 63.0 Å². The Bertz CT molecular complexity index is 1030. The van der Waals surface area contributed by atoms with Gasteiger partial charge >= 0.3 is 0 Å². The minimum atomic E-state index is -0.0353. The van der Waals surface area contributed by atoms with E-state index < -0.39 is 0 Å². The molecule has 3 fully saturated rings. The molecule has 0 radical (unpaired) electrons. The highest BCUT2D eigenvalue weighted by Crippen LogP contribution is 2.31. The number of hydrogen-bond acceptors (Lipinski definition) is 7. The third kappa shape index (κ3) is 6.17. The Hall–Kier alpha value is -2.59. The van der Waals surface area contributed by atoms with Crippen LogP contribution >= 0.6 is 0 Å². The molecule has 1 saturated carbocycles. The van der Waals surface area contributed by atoms with Gasteiger partial charge in [0.1, 0.15) is 18.7 Å². The number of aliphatic imine (C=N–C) groups is 4. The highest BCUT2D eigenvalue weighted by Gasteiger charge is 2.36. The summed E-state index contributed by atoms with van der Waals surface area (Å²) in [6.45, 7) is 9.09. The van der Waals surface area contributed by atoms with E-state index in [9.17, 15) is 4.79 Å². The summed E-state index contributed by atoms with van der Waals surface area (Å²) < 4.78 is 0. The Morgan fingerprint density at radius 2 is 2.00 bits per heavy atom. The first-order chi connectivity index (χ1) is 18.5. The van der Waals surface area contributed by atoms with Crippen molar-refractivity contribution in [3.8, 4) is 0 Å². The van der Waals surface area contributed by atoms with E-state index in [1.807, 2.05) is 0 Å². The average Bonchev–Trinajstić information content (AvgIpc) is 3.68. The molecular formula is C28H43N9O. The van der Waals surface area contributed by atoms with Crippen LogP contribution in [-0.2, 0) is 4.79 Å². The topological polar surface area (TPSA) is 109 Å². The minimum absolute atomic E-state index is 0.0353. The normalized spacial score (nSPS) is 34.6. The standard InChI is InChI=1S/C28H43N9O/c1-18(2)32-26-15-23(30-17-31-26)21-5-6-22-24(14-21)34-28(33-22)35-25-13-19(7-8-29-25)16-36-9-11-37(12-10-36)27(38)20-3-4-20/h8,14,17-20,22,24-26,32H,3-7,9-13,15-16H2,1-2H3,(H2,33,34,35). The summed E-state index contributed by atoms with van der Waals surface area (Å²) in [6.07, 6.45) is 13.3. The summed E-state index contributed by atoms with van der Waals surface area (Å²) >= 11 is 0. The molecule has 4 heterocycles. The van der Waals surface area contributed by atoms with Crippen molar-refractivity contribution in [1.29, 1.82) is 0 Å². The quantitative estimate of drug-likeness (QED) is 0.471. The lowest BCUT2D eigenvalue weighted by molar-refractivity contribution is -0.134. The van der Waals surface area contributed by atoms with Crippen molar-refractivity contribution >= 4 is 30.1 Å². The molecule has 4 aliphatic heterocycles. The van der Waals surface area contributed by atoms with E-state index in [0.717, 1.165) is 89.3 Å². The van der Waals surface area contributed by atoms with Gasteiger partial charge in [-0.15, -0.1) is 0 Å². The van der Waals surface area contributed by atoms with Crippen LogP contribution in [0.1, 0.15) is 58.8 Å². The van der Waals surface area contributed by atoms with Crippen LogP contribution in [0.25, 0.3) is 0 Å². The number of guanidine groups is 1. The zero-order valence-electron chi connectivity index (χ0n) is 22.9. The SMILES string of the molecule is CC(C)NC1CC(C2=CC3NC(=NC4CC(CN5CCN(C(=O)C6CC6)CC5)CC=N4)NC3CC2)=NC=N1. The molecule has 10 nitrogen and oxygen atoms in total. The number of nitrogens with one attached hydrogen (secondary N) is 3. The second kappa shape index (κ2) is 11.3. The third-order valence-electron chi connectivity index (χ3n) is 8.57. The number of carbonyl (C=O) groups excluding carboxylic acids is 1. The number of piperazine rings is 1. The molecule has 1 amide bonds. The maximum absolute atomic E-state index is 12.4. The lowest BCUT2D eigenvalue weighted by atomic mass is 9.88. The Balaban J connectivity index is 0.998. The van der Waals surface area contributed by atoms with Gasteiger partial charge in [-0.2, -0.15) is 0 Å². The zero-order chi connectivity index (χ0) is 26.1. The fraction of sp³-hybridized carbons (Fsp3) is 0.750. The first-order valence-electron chi connectivity index (χ1n) is 14.7. The van der Waals surface area contributed by atoms with Gasteiger partial charge in [-0.3, -0.25) is 25.0 Å². The van der Waals surface area contributed by atoms with Crippen molar-refractivity contribution < 1.29 is 4.79 Å². The van der Waals surface area contributed by atoms with Crippen LogP contribution in [0.4, 0.5) is 0 Å². The van der Waals surface area contributed by atoms with Gasteiger partial charge in [-0.25, -0.2) is 9.98 Å². The minimum Gasteiger partial charge on any atom is -0.351 e. The van der Waals surface area contributed by atoms with Gasteiger partial charge in [0.25, 0.3) is 0 Å². The Morgan fingerprint density at radius 3 is 2.79 bits per heavy atom. The second-order valence-electron chi connectivity index (χ2n) is 12.1. The maximum atomic E-state index is 12.4. The number of fused-ring (bicyclic) bond motifs is 1. The number of nitrogens with zero attached hydrogens (tertiary/aromatic N) is 6. The average molecular weight is 522 g/mol. The number of carbonyl (C=O) groups is 1. The summed E-state index contributed by atoms with van der Waals surface area (Å²) in [5.41, 5.74) is 2.49. The molecule has 10 heteroatoms. The molecule has 5 atom stereocenters. The van der Waals surface area contributed by atoms with Gasteiger partial charge in [-0.1, -0.05) is 6.08 Å². The Kier molecular flexibility index (Phi) is 7.61. The predicted octanol–water partition coefficient (Wildman–Crippen LogP) is 1.55. The molecular weight excluding hydrogens is 478 g/mol. The van der Waals surface area contributed by atoms with Crippen LogP contribution in [0.5, 0.6) is 0 Å². The van der Waals surface area contributed by atoms with Crippen LogP contribution in [0, 0.1) is 11.8 Å². The Labute approximate surface area is 226 Å². The maximum Gasteiger partial charge on any atom is 0.225 e. The summed E-state index contributed by atoms with van der Waals surface area (Å²) in [4.78, 5) is 35.8. The summed E-state index contributed by atoms with van der Waals surface area (Å²) in [5, 5.41) is 10.7. The van der Waals surface area contributed by atoms with Gasteiger partial charge in [0.05, 0.1) is 12.1 Å². The van der Waals surface area contributed by atoms with Crippen molar-refractivity contribution in [2.45, 2.75) is 89.3 Å². The zero-order valence-corrected chi connectivity index (χ0v) is 22.9. The van der Waals surface area contributed by atoms with Crippen molar-refractivity contribution in [2.75, 3.05) is 32.7 Å². The van der Waals surface area contributed by atoms with Crippen molar-refractivity contribution in [3.05, 3.63) is 11.6 Å². The van der Waals surface area contributed by atoms with Crippen molar-refractivity contribution in [1.82, 2.24) is 25.8 Å². The smallest absolute Gasteiger partial charge is 0.225 e. The van der Waals surface area contributed by atoms with E-state index in [2.05, 4.69) is 61.9 Å². The molecule has 0 spiro atoms. The predicted molar refractivity (Wildman–Crippen MR) is 152 cm³/mol. The van der Waals surface area contributed by atoms with Gasteiger partial charge in [-0.05, 0) is 63.9 Å². The molecule has 0 aromatic rings. The lowest BCUT2D eigenvalue weighted by Crippen LogP contribution is -2.50. The molecule has 0 aromatic heterocycles. The van der Waals surface area contributed by atoms with E-state index in [0.29, 0.717) is 29.8 Å². The number of amides is 1. The van der Waals surface area contributed by atoms with Gasteiger partial charge < -0.3 is 15.5 Å². The van der Waals surface area contributed by atoms with E-state index in [-0.39, 0.29) is 18.4 Å². The van der Waals surface area contributed by atoms with E-state index in [4.69, 9.17) is 9.98 Å². The van der Waals surface area contributed by atoms with Crippen LogP contribution in [0.15, 0.2) is 31.6 Å². The van der Waals surface area contributed by atoms with Crippen molar-refractivity contribution in [3.63, 3.8) is 0 Å². The van der Waals surface area contributed by atoms with Crippen LogP contribution < -0.4 is 16.0 Å². The fourth-order valence-corrected chi connectivity index (χ4v) is 6.35. The first-order valence-corrected chi connectivity index (χ1v) is 14.7. The molecule has 2 saturated heterocycles. The lowest BCUT2D eigenvalue weighted by Gasteiger charge is -2.37. The molecule has 38 heavy (non-hydrogen) atoms. The first kappa shape index (κ1) is 25.7. The second-order valence-corrected chi connectivity index (χ2v) is 12.1. The summed E-state index contributed by atoms with van der Waals surface area (Å²) in [7, 11) is 0. The van der Waals surface area contributed by atoms with E-state index in [1.54, 1.807) is 6.34 Å². The summed E-state index contributed by atoms with van der Waals surface area (Å²) in [5.74, 6) is 2.15. The highest BCUT2D eigenvalue weighted by molar-refractivity contribution is 6.05. The molecule has 6 rings (SSSR count). The summed E-state index contributed by atoms with van der Waals surface area (Å²) in [6, 6.07) is 0.988. The number of rotatable bonds is 7. The third-order valence-corrected chi connectivity index (χ3v) is 8.57. The highest BCUT2D eigenvalue weighted by atomic mass is 16.2. The monoisotopic (exact) mass is 521 g/mol. The molecule has 5 unspecified atom stereocenters. The fourth-order valence-electron chi connectivity index (χ4n) is 6.35. The van der Waals surface area contributed by atoms with Crippen LogP contribution in [-0.4, -0.2) is 103 Å². The number of allylic oxidation sites excluding steroid dienone is 1. The largest absolute Gasteiger partial charge is 0.351 e. The van der Waals surface area contributed by atoms with Crippen LogP contribution in [0.2, 0.25) is 0 Å². The molecule has 2 aliphatic carbocycles.